The Balaban J connectivity index is 2.30. The molecule has 1 fully saturated rings. The number of hydrogen-bond acceptors (Lipinski definition) is 4. The number of esters is 1. The number of thiazole rings is 1. The van der Waals surface area contributed by atoms with Crippen LogP contribution in [0.25, 0.3) is 0 Å². The Labute approximate surface area is 99.8 Å². The van der Waals surface area contributed by atoms with Gasteiger partial charge in [-0.15, -0.1) is 11.3 Å². The number of nitrogens with zero attached hydrogens (tertiary/aromatic N) is 1. The zero-order valence-electron chi connectivity index (χ0n) is 10.2. The highest BCUT2D eigenvalue weighted by atomic mass is 32.1. The summed E-state index contributed by atoms with van der Waals surface area (Å²) in [5.41, 5.74) is 0.687. The summed E-state index contributed by atoms with van der Waals surface area (Å²) in [6.45, 7) is 6.39. The summed E-state index contributed by atoms with van der Waals surface area (Å²) in [5, 5.41) is 2.97. The van der Waals surface area contributed by atoms with Crippen molar-refractivity contribution in [2.24, 2.45) is 0 Å². The molecule has 1 heterocycles. The van der Waals surface area contributed by atoms with Gasteiger partial charge in [0, 0.05) is 10.8 Å². The molecule has 0 aromatic carbocycles. The van der Waals surface area contributed by atoms with Crippen molar-refractivity contribution >= 4 is 17.3 Å². The fourth-order valence-corrected chi connectivity index (χ4v) is 2.96. The number of methoxy groups -OCH3 is 1. The number of rotatable bonds is 2. The summed E-state index contributed by atoms with van der Waals surface area (Å²) >= 11 is 1.58. The largest absolute Gasteiger partial charge is 0.468 e. The SMILES string of the molecule is COC(=O)C1(c2nc(C(C)(C)C)cs2)CC1. The molecule has 0 spiro atoms. The maximum atomic E-state index is 11.7. The van der Waals surface area contributed by atoms with Gasteiger partial charge in [-0.05, 0) is 12.8 Å². The summed E-state index contributed by atoms with van der Waals surface area (Å²) < 4.78 is 4.85. The van der Waals surface area contributed by atoms with E-state index < -0.39 is 5.41 Å². The van der Waals surface area contributed by atoms with Gasteiger partial charge in [0.1, 0.15) is 10.4 Å². The Morgan fingerprint density at radius 3 is 2.50 bits per heavy atom. The van der Waals surface area contributed by atoms with Crippen molar-refractivity contribution in [2.45, 2.75) is 44.4 Å². The Bertz CT molecular complexity index is 413. The first-order valence-corrected chi connectivity index (χ1v) is 6.33. The minimum absolute atomic E-state index is 0.0426. The van der Waals surface area contributed by atoms with Gasteiger partial charge in [-0.2, -0.15) is 0 Å². The van der Waals surface area contributed by atoms with Crippen molar-refractivity contribution in [1.29, 1.82) is 0 Å². The van der Waals surface area contributed by atoms with Crippen LogP contribution in [0.2, 0.25) is 0 Å². The summed E-state index contributed by atoms with van der Waals surface area (Å²) in [7, 11) is 1.45. The lowest BCUT2D eigenvalue weighted by atomic mass is 9.93. The van der Waals surface area contributed by atoms with Crippen LogP contribution in [-0.4, -0.2) is 18.1 Å². The fraction of sp³-hybridized carbons (Fsp3) is 0.667. The maximum Gasteiger partial charge on any atom is 0.318 e. The molecule has 1 aliphatic carbocycles. The van der Waals surface area contributed by atoms with E-state index in [-0.39, 0.29) is 11.4 Å². The molecule has 2 rings (SSSR count). The molecule has 1 saturated carbocycles. The van der Waals surface area contributed by atoms with Gasteiger partial charge >= 0.3 is 5.97 Å². The average molecular weight is 239 g/mol. The van der Waals surface area contributed by atoms with Crippen molar-refractivity contribution in [3.63, 3.8) is 0 Å². The van der Waals surface area contributed by atoms with E-state index in [1.54, 1.807) is 11.3 Å². The summed E-state index contributed by atoms with van der Waals surface area (Å²) in [6, 6.07) is 0. The minimum Gasteiger partial charge on any atom is -0.468 e. The monoisotopic (exact) mass is 239 g/mol. The van der Waals surface area contributed by atoms with E-state index in [9.17, 15) is 4.79 Å². The lowest BCUT2D eigenvalue weighted by Crippen LogP contribution is -2.22. The van der Waals surface area contributed by atoms with Gasteiger partial charge in [0.2, 0.25) is 0 Å². The lowest BCUT2D eigenvalue weighted by Gasteiger charge is -2.15. The van der Waals surface area contributed by atoms with E-state index in [1.807, 2.05) is 0 Å². The van der Waals surface area contributed by atoms with Crippen molar-refractivity contribution in [1.82, 2.24) is 4.98 Å². The maximum absolute atomic E-state index is 11.7. The van der Waals surface area contributed by atoms with Crippen LogP contribution in [0.5, 0.6) is 0 Å². The third-order valence-electron chi connectivity index (χ3n) is 3.01. The van der Waals surface area contributed by atoms with Gasteiger partial charge < -0.3 is 4.74 Å². The molecule has 0 amide bonds. The number of hydrogen-bond donors (Lipinski definition) is 0. The van der Waals surface area contributed by atoms with Crippen molar-refractivity contribution < 1.29 is 9.53 Å². The number of ether oxygens (including phenoxy) is 1. The van der Waals surface area contributed by atoms with E-state index in [2.05, 4.69) is 31.1 Å². The van der Waals surface area contributed by atoms with Crippen molar-refractivity contribution in [2.75, 3.05) is 7.11 Å². The molecule has 0 aliphatic heterocycles. The zero-order valence-corrected chi connectivity index (χ0v) is 11.0. The summed E-state index contributed by atoms with van der Waals surface area (Å²) in [5.74, 6) is -0.137. The molecule has 4 heteroatoms. The third-order valence-corrected chi connectivity index (χ3v) is 4.05. The van der Waals surface area contributed by atoms with Crippen molar-refractivity contribution in [3.8, 4) is 0 Å². The van der Waals surface area contributed by atoms with E-state index in [1.165, 1.54) is 7.11 Å². The van der Waals surface area contributed by atoms with Crippen LogP contribution in [0.15, 0.2) is 5.38 Å². The predicted octanol–water partition coefficient (Wildman–Crippen LogP) is 2.65. The van der Waals surface area contributed by atoms with Gasteiger partial charge in [0.25, 0.3) is 0 Å². The molecule has 1 aliphatic rings. The van der Waals surface area contributed by atoms with Gasteiger partial charge in [-0.3, -0.25) is 4.79 Å². The zero-order chi connectivity index (χ0) is 12.0. The highest BCUT2D eigenvalue weighted by molar-refractivity contribution is 7.10. The third kappa shape index (κ3) is 1.75. The molecule has 0 radical (unpaired) electrons. The van der Waals surface area contributed by atoms with Gasteiger partial charge in [-0.25, -0.2) is 4.98 Å². The molecule has 0 unspecified atom stereocenters. The van der Waals surface area contributed by atoms with Gasteiger partial charge in [0.05, 0.1) is 12.8 Å². The van der Waals surface area contributed by atoms with Crippen molar-refractivity contribution in [3.05, 3.63) is 16.1 Å². The number of carbonyl (C=O) groups excluding carboxylic acids is 1. The van der Waals surface area contributed by atoms with Crippen LogP contribution >= 0.6 is 11.3 Å². The first-order valence-electron chi connectivity index (χ1n) is 5.45. The Hall–Kier alpha value is -0.900. The number of aromatic nitrogens is 1. The van der Waals surface area contributed by atoms with E-state index in [0.717, 1.165) is 23.5 Å². The lowest BCUT2D eigenvalue weighted by molar-refractivity contribution is -0.143. The Morgan fingerprint density at radius 1 is 1.50 bits per heavy atom. The summed E-state index contributed by atoms with van der Waals surface area (Å²) in [6.07, 6.45) is 1.74. The Kier molecular flexibility index (Phi) is 2.57. The molecule has 0 bridgehead atoms. The number of carbonyl (C=O) groups is 1. The molecule has 88 valence electrons. The van der Waals surface area contributed by atoms with Crippen LogP contribution in [0.1, 0.15) is 44.3 Å². The Morgan fingerprint density at radius 2 is 2.12 bits per heavy atom. The van der Waals surface area contributed by atoms with Crippen LogP contribution in [0.4, 0.5) is 0 Å². The fourth-order valence-electron chi connectivity index (χ4n) is 1.66. The van der Waals surface area contributed by atoms with Gasteiger partial charge in [-0.1, -0.05) is 20.8 Å². The molecule has 3 nitrogen and oxygen atoms in total. The average Bonchev–Trinajstić information content (AvgIpc) is 2.85. The van der Waals surface area contributed by atoms with E-state index in [4.69, 9.17) is 4.74 Å². The molecule has 0 atom stereocenters. The highest BCUT2D eigenvalue weighted by Gasteiger charge is 2.55. The molecule has 1 aromatic rings. The first kappa shape index (κ1) is 11.6. The quantitative estimate of drug-likeness (QED) is 0.745. The van der Waals surface area contributed by atoms with Crippen LogP contribution in [0.3, 0.4) is 0 Å². The second kappa shape index (κ2) is 3.55. The standard InChI is InChI=1S/C12H17NO2S/c1-11(2,3)8-7-16-9(13-8)12(5-6-12)10(14)15-4/h7H,5-6H2,1-4H3. The van der Waals surface area contributed by atoms with E-state index in [0.29, 0.717) is 0 Å². The molecular weight excluding hydrogens is 222 g/mol. The van der Waals surface area contributed by atoms with Crippen LogP contribution in [0, 0.1) is 0 Å². The molecule has 0 saturated heterocycles. The van der Waals surface area contributed by atoms with Gasteiger partial charge in [0.15, 0.2) is 0 Å². The molecule has 1 aromatic heterocycles. The topological polar surface area (TPSA) is 39.2 Å². The molecule has 0 N–H and O–H groups in total. The van der Waals surface area contributed by atoms with Crippen LogP contribution in [-0.2, 0) is 20.4 Å². The molecular formula is C12H17NO2S. The highest BCUT2D eigenvalue weighted by Crippen LogP contribution is 2.50. The second-order valence-corrected chi connectivity index (χ2v) is 6.22. The second-order valence-electron chi connectivity index (χ2n) is 5.36. The summed E-state index contributed by atoms with van der Waals surface area (Å²) in [4.78, 5) is 16.3. The predicted molar refractivity (Wildman–Crippen MR) is 63.7 cm³/mol. The molecule has 16 heavy (non-hydrogen) atoms. The normalized spacial score (nSPS) is 18.2. The van der Waals surface area contributed by atoms with E-state index >= 15 is 0 Å². The first-order chi connectivity index (χ1) is 7.40. The minimum atomic E-state index is -0.414. The smallest absolute Gasteiger partial charge is 0.318 e. The van der Waals surface area contributed by atoms with Crippen LogP contribution < -0.4 is 0 Å².